The molecule has 84 valence electrons. The topological polar surface area (TPSA) is 66.8 Å². The predicted molar refractivity (Wildman–Crippen MR) is 53.3 cm³/mol. The van der Waals surface area contributed by atoms with E-state index >= 15 is 0 Å². The van der Waals surface area contributed by atoms with Gasteiger partial charge in [0.25, 0.3) is 0 Å². The Balaban J connectivity index is 4.13. The lowest BCUT2D eigenvalue weighted by molar-refractivity contribution is 0.00801. The second kappa shape index (κ2) is 6.65. The normalized spacial score (nSPS) is 14.8. The lowest BCUT2D eigenvalue weighted by atomic mass is 9.82. The molecule has 1 atom stereocenters. The van der Waals surface area contributed by atoms with Crippen LogP contribution in [0.5, 0.6) is 0 Å². The van der Waals surface area contributed by atoms with Gasteiger partial charge in [0.05, 0.1) is 6.61 Å². The van der Waals surface area contributed by atoms with Crippen LogP contribution in [-0.2, 0) is 4.74 Å². The third-order valence-corrected chi connectivity index (χ3v) is 2.65. The van der Waals surface area contributed by atoms with Crippen molar-refractivity contribution in [1.82, 2.24) is 0 Å². The lowest BCUT2D eigenvalue weighted by Crippen LogP contribution is -2.31. The van der Waals surface area contributed by atoms with E-state index in [1.807, 2.05) is 6.92 Å². The van der Waals surface area contributed by atoms with Crippen LogP contribution < -0.4 is 0 Å². The van der Waals surface area contributed by atoms with Crippen LogP contribution in [0.4, 0.5) is 4.79 Å². The molecule has 0 saturated carbocycles. The summed E-state index contributed by atoms with van der Waals surface area (Å²) in [6.45, 7) is 4.08. The molecular weight excluding hydrogens is 184 g/mol. The number of ether oxygens (including phenoxy) is 1. The molecule has 0 spiro atoms. The van der Waals surface area contributed by atoms with Gasteiger partial charge in [-0.2, -0.15) is 0 Å². The van der Waals surface area contributed by atoms with Gasteiger partial charge in [0.15, 0.2) is 0 Å². The van der Waals surface area contributed by atoms with Gasteiger partial charge in [-0.15, -0.1) is 0 Å². The quantitative estimate of drug-likeness (QED) is 0.624. The van der Waals surface area contributed by atoms with E-state index in [1.54, 1.807) is 0 Å². The second-order valence-corrected chi connectivity index (χ2v) is 3.67. The third kappa shape index (κ3) is 4.46. The number of carbonyl (C=O) groups is 1. The zero-order valence-corrected chi connectivity index (χ0v) is 8.95. The van der Waals surface area contributed by atoms with Crippen molar-refractivity contribution in [2.45, 2.75) is 39.5 Å². The fourth-order valence-corrected chi connectivity index (χ4v) is 1.35. The highest BCUT2D eigenvalue weighted by atomic mass is 16.7. The molecule has 0 fully saturated rings. The summed E-state index contributed by atoms with van der Waals surface area (Å²) in [5.41, 5.74) is -0.381. The molecule has 0 aliphatic rings. The van der Waals surface area contributed by atoms with Crippen molar-refractivity contribution in [3.63, 3.8) is 0 Å². The highest BCUT2D eigenvalue weighted by Gasteiger charge is 2.28. The summed E-state index contributed by atoms with van der Waals surface area (Å²) in [7, 11) is 0. The van der Waals surface area contributed by atoms with E-state index in [1.165, 1.54) is 0 Å². The minimum atomic E-state index is -1.27. The van der Waals surface area contributed by atoms with E-state index in [4.69, 9.17) is 5.11 Å². The smallest absolute Gasteiger partial charge is 0.450 e. The van der Waals surface area contributed by atoms with Crippen molar-refractivity contribution in [2.24, 2.45) is 5.41 Å². The fourth-order valence-electron chi connectivity index (χ4n) is 1.35. The number of hydrogen-bond donors (Lipinski definition) is 2. The first-order chi connectivity index (χ1) is 6.60. The number of hydrogen-bond acceptors (Lipinski definition) is 3. The zero-order chi connectivity index (χ0) is 11.0. The van der Waals surface area contributed by atoms with Crippen molar-refractivity contribution in [3.8, 4) is 0 Å². The Labute approximate surface area is 84.9 Å². The molecule has 0 aromatic heterocycles. The summed E-state index contributed by atoms with van der Waals surface area (Å²) >= 11 is 0. The Morgan fingerprint density at radius 1 is 1.43 bits per heavy atom. The second-order valence-electron chi connectivity index (χ2n) is 3.67. The molecule has 0 rings (SSSR count). The maximum absolute atomic E-state index is 10.2. The molecule has 0 aromatic carbocycles. The molecule has 0 aliphatic heterocycles. The van der Waals surface area contributed by atoms with Crippen molar-refractivity contribution >= 4 is 6.16 Å². The molecule has 2 N–H and O–H groups in total. The monoisotopic (exact) mass is 204 g/mol. The summed E-state index contributed by atoms with van der Waals surface area (Å²) in [5, 5.41) is 17.6. The predicted octanol–water partition coefficient (Wildman–Crippen LogP) is 2.26. The van der Waals surface area contributed by atoms with Gasteiger partial charge < -0.3 is 14.9 Å². The fraction of sp³-hybridized carbons (Fsp3) is 0.900. The van der Waals surface area contributed by atoms with E-state index in [0.29, 0.717) is 0 Å². The minimum Gasteiger partial charge on any atom is -0.450 e. The summed E-state index contributed by atoms with van der Waals surface area (Å²) in [6.07, 6.45) is 2.29. The first kappa shape index (κ1) is 13.2. The Hall–Kier alpha value is -0.770. The van der Waals surface area contributed by atoms with Crippen LogP contribution in [-0.4, -0.2) is 29.6 Å². The van der Waals surface area contributed by atoms with Crippen LogP contribution >= 0.6 is 0 Å². The third-order valence-electron chi connectivity index (χ3n) is 2.65. The number of unbranched alkanes of at least 4 members (excludes halogenated alkanes) is 1. The van der Waals surface area contributed by atoms with Crippen molar-refractivity contribution in [3.05, 3.63) is 0 Å². The van der Waals surface area contributed by atoms with E-state index < -0.39 is 6.16 Å². The molecule has 0 heterocycles. The summed E-state index contributed by atoms with van der Waals surface area (Å²) in [5.74, 6) is 0. The molecule has 0 aliphatic carbocycles. The van der Waals surface area contributed by atoms with Crippen LogP contribution in [0.25, 0.3) is 0 Å². The van der Waals surface area contributed by atoms with Crippen LogP contribution in [0.2, 0.25) is 0 Å². The Kier molecular flexibility index (Phi) is 6.28. The number of rotatable bonds is 7. The van der Waals surface area contributed by atoms with E-state index in [-0.39, 0.29) is 18.6 Å². The van der Waals surface area contributed by atoms with Gasteiger partial charge in [-0.05, 0) is 12.8 Å². The zero-order valence-electron chi connectivity index (χ0n) is 8.95. The van der Waals surface area contributed by atoms with Crippen molar-refractivity contribution < 1.29 is 19.7 Å². The highest BCUT2D eigenvalue weighted by molar-refractivity contribution is 5.56. The number of carboxylic acid groups (broad SMARTS) is 1. The standard InChI is InChI=1S/C10H20O4/c1-3-5-6-10(4-2,7-11)8-14-9(12)13/h11H,3-8H2,1-2H3,(H,12,13). The lowest BCUT2D eigenvalue weighted by Gasteiger charge is -2.29. The highest BCUT2D eigenvalue weighted by Crippen LogP contribution is 2.28. The van der Waals surface area contributed by atoms with Crippen molar-refractivity contribution in [1.29, 1.82) is 0 Å². The molecule has 4 heteroatoms. The Morgan fingerprint density at radius 3 is 2.43 bits per heavy atom. The van der Waals surface area contributed by atoms with Gasteiger partial charge in [-0.1, -0.05) is 26.7 Å². The molecule has 0 radical (unpaired) electrons. The summed E-state index contributed by atoms with van der Waals surface area (Å²) < 4.78 is 4.54. The van der Waals surface area contributed by atoms with Gasteiger partial charge in [-0.25, -0.2) is 4.79 Å². The molecule has 1 unspecified atom stereocenters. The summed E-state index contributed by atoms with van der Waals surface area (Å²) in [6, 6.07) is 0. The molecule has 0 saturated heterocycles. The van der Waals surface area contributed by atoms with Gasteiger partial charge in [-0.3, -0.25) is 0 Å². The van der Waals surface area contributed by atoms with Gasteiger partial charge in [0.2, 0.25) is 0 Å². The minimum absolute atomic E-state index is 0.0171. The Bertz CT molecular complexity index is 164. The van der Waals surface area contributed by atoms with E-state index in [0.717, 1.165) is 25.7 Å². The van der Waals surface area contributed by atoms with Crippen LogP contribution in [0, 0.1) is 5.41 Å². The summed E-state index contributed by atoms with van der Waals surface area (Å²) in [4.78, 5) is 10.2. The molecule has 4 nitrogen and oxygen atoms in total. The number of aliphatic hydroxyl groups is 1. The van der Waals surface area contributed by atoms with Gasteiger partial charge in [0.1, 0.15) is 6.61 Å². The Morgan fingerprint density at radius 2 is 2.07 bits per heavy atom. The molecule has 14 heavy (non-hydrogen) atoms. The molecular formula is C10H20O4. The maximum Gasteiger partial charge on any atom is 0.505 e. The molecule has 0 amide bonds. The maximum atomic E-state index is 10.2. The molecule has 0 aromatic rings. The average molecular weight is 204 g/mol. The van der Waals surface area contributed by atoms with Gasteiger partial charge in [0, 0.05) is 5.41 Å². The van der Waals surface area contributed by atoms with E-state index in [2.05, 4.69) is 11.7 Å². The average Bonchev–Trinajstić information content (AvgIpc) is 2.19. The molecule has 0 bridgehead atoms. The first-order valence-electron chi connectivity index (χ1n) is 5.07. The first-order valence-corrected chi connectivity index (χ1v) is 5.07. The van der Waals surface area contributed by atoms with E-state index in [9.17, 15) is 9.90 Å². The van der Waals surface area contributed by atoms with Gasteiger partial charge >= 0.3 is 6.16 Å². The van der Waals surface area contributed by atoms with Crippen LogP contribution in [0.3, 0.4) is 0 Å². The SMILES string of the molecule is CCCCC(CC)(CO)COC(=O)O. The largest absolute Gasteiger partial charge is 0.505 e. The number of aliphatic hydroxyl groups excluding tert-OH is 1. The van der Waals surface area contributed by atoms with Crippen molar-refractivity contribution in [2.75, 3.05) is 13.2 Å². The van der Waals surface area contributed by atoms with Crippen LogP contribution in [0.1, 0.15) is 39.5 Å². The van der Waals surface area contributed by atoms with Crippen LogP contribution in [0.15, 0.2) is 0 Å².